The van der Waals surface area contributed by atoms with Crippen LogP contribution in [0.15, 0.2) is 64.8 Å². The number of hydrogen-bond donors (Lipinski definition) is 0. The molecule has 1 aliphatic carbocycles. The molecule has 5 nitrogen and oxygen atoms in total. The molecule has 1 aliphatic rings. The minimum Gasteiger partial charge on any atom is -0.307 e. The number of nitrogens with zero attached hydrogens (tertiary/aromatic N) is 4. The second-order valence-corrected chi connectivity index (χ2v) is 9.92. The fraction of sp³-hybridized carbons (Fsp3) is 0.208. The summed E-state index contributed by atoms with van der Waals surface area (Å²) in [5.41, 5.74) is 5.15. The maximum atomic E-state index is 13.7. The van der Waals surface area contributed by atoms with Gasteiger partial charge in [0.25, 0.3) is 5.56 Å². The molecule has 0 saturated heterocycles. The van der Waals surface area contributed by atoms with E-state index < -0.39 is 0 Å². The summed E-state index contributed by atoms with van der Waals surface area (Å²) in [7, 11) is 0. The standard InChI is InChI=1S/C24H20N4OS2/c1-15-6-4-7-17(12-15)28-23(29)21-18-8-5-9-19(18)31-22(21)26-24(28)30-14-16-13-27-11-3-2-10-20(27)25-16/h2-4,6-7,10-13H,5,8-9,14H2,1H3. The zero-order chi connectivity index (χ0) is 20.9. The van der Waals surface area contributed by atoms with Crippen LogP contribution in [0, 0.1) is 6.92 Å². The molecule has 0 saturated carbocycles. The summed E-state index contributed by atoms with van der Waals surface area (Å²) in [4.78, 5) is 25.6. The Bertz CT molecular complexity index is 1480. The smallest absolute Gasteiger partial charge is 0.267 e. The zero-order valence-corrected chi connectivity index (χ0v) is 18.7. The number of benzene rings is 1. The molecule has 0 bridgehead atoms. The molecule has 6 rings (SSSR count). The largest absolute Gasteiger partial charge is 0.307 e. The zero-order valence-electron chi connectivity index (χ0n) is 17.0. The van der Waals surface area contributed by atoms with Gasteiger partial charge >= 0.3 is 0 Å². The summed E-state index contributed by atoms with van der Waals surface area (Å²) in [6, 6.07) is 14.1. The molecule has 4 heterocycles. The molecule has 7 heteroatoms. The minimum absolute atomic E-state index is 0.0486. The topological polar surface area (TPSA) is 52.2 Å². The summed E-state index contributed by atoms with van der Waals surface area (Å²) in [5, 5.41) is 1.54. The number of aromatic nitrogens is 4. The van der Waals surface area contributed by atoms with E-state index in [2.05, 4.69) is 6.07 Å². The number of hydrogen-bond acceptors (Lipinski definition) is 5. The average molecular weight is 445 g/mol. The second kappa shape index (κ2) is 7.35. The van der Waals surface area contributed by atoms with Crippen molar-refractivity contribution in [3.8, 4) is 5.69 Å². The van der Waals surface area contributed by atoms with E-state index in [9.17, 15) is 4.79 Å². The molecule has 0 fully saturated rings. The number of aryl methyl sites for hydroxylation is 3. The Balaban J connectivity index is 1.48. The van der Waals surface area contributed by atoms with Crippen molar-refractivity contribution < 1.29 is 0 Å². The fourth-order valence-corrected chi connectivity index (χ4v) is 6.51. The summed E-state index contributed by atoms with van der Waals surface area (Å²) >= 11 is 3.26. The van der Waals surface area contributed by atoms with Crippen molar-refractivity contribution in [2.75, 3.05) is 0 Å². The molecule has 0 spiro atoms. The van der Waals surface area contributed by atoms with E-state index in [1.54, 1.807) is 27.7 Å². The lowest BCUT2D eigenvalue weighted by atomic mass is 10.2. The third-order valence-electron chi connectivity index (χ3n) is 5.73. The van der Waals surface area contributed by atoms with Crippen LogP contribution in [0.1, 0.15) is 28.1 Å². The molecule has 154 valence electrons. The Morgan fingerprint density at radius 3 is 2.94 bits per heavy atom. The lowest BCUT2D eigenvalue weighted by molar-refractivity contribution is 0.819. The highest BCUT2D eigenvalue weighted by Crippen LogP contribution is 2.36. The minimum atomic E-state index is 0.0486. The van der Waals surface area contributed by atoms with Gasteiger partial charge in [-0.15, -0.1) is 11.3 Å². The summed E-state index contributed by atoms with van der Waals surface area (Å²) in [5.74, 6) is 0.649. The van der Waals surface area contributed by atoms with E-state index in [1.165, 1.54) is 10.4 Å². The first-order chi connectivity index (χ1) is 15.2. The Morgan fingerprint density at radius 2 is 2.06 bits per heavy atom. The Morgan fingerprint density at radius 1 is 1.13 bits per heavy atom. The molecule has 1 aromatic carbocycles. The van der Waals surface area contributed by atoms with Crippen LogP contribution in [0.3, 0.4) is 0 Å². The van der Waals surface area contributed by atoms with Crippen molar-refractivity contribution in [3.05, 3.63) is 86.9 Å². The van der Waals surface area contributed by atoms with Crippen LogP contribution in [0.25, 0.3) is 21.6 Å². The third-order valence-corrected chi connectivity index (χ3v) is 7.89. The van der Waals surface area contributed by atoms with Crippen LogP contribution in [-0.2, 0) is 18.6 Å². The summed E-state index contributed by atoms with van der Waals surface area (Å²) in [6.45, 7) is 2.05. The highest BCUT2D eigenvalue weighted by Gasteiger charge is 2.24. The number of imidazole rings is 1. The molecule has 0 unspecified atom stereocenters. The first-order valence-corrected chi connectivity index (χ1v) is 12.2. The first kappa shape index (κ1) is 18.8. The van der Waals surface area contributed by atoms with Gasteiger partial charge in [0.05, 0.1) is 16.8 Å². The van der Waals surface area contributed by atoms with Gasteiger partial charge in [0, 0.05) is 23.0 Å². The number of fused-ring (bicyclic) bond motifs is 4. The van der Waals surface area contributed by atoms with Crippen molar-refractivity contribution >= 4 is 39.0 Å². The molecule has 4 aromatic heterocycles. The lowest BCUT2D eigenvalue weighted by Crippen LogP contribution is -2.22. The lowest BCUT2D eigenvalue weighted by Gasteiger charge is -2.12. The molecular formula is C24H20N4OS2. The highest BCUT2D eigenvalue weighted by molar-refractivity contribution is 7.98. The van der Waals surface area contributed by atoms with Gasteiger partial charge < -0.3 is 4.40 Å². The predicted octanol–water partition coefficient (Wildman–Crippen LogP) is 5.18. The molecule has 0 atom stereocenters. The molecule has 0 amide bonds. The van der Waals surface area contributed by atoms with Gasteiger partial charge in [-0.2, -0.15) is 0 Å². The Labute approximate surface area is 187 Å². The van der Waals surface area contributed by atoms with Crippen LogP contribution in [0.5, 0.6) is 0 Å². The molecule has 31 heavy (non-hydrogen) atoms. The molecule has 5 aromatic rings. The van der Waals surface area contributed by atoms with Crippen molar-refractivity contribution in [1.29, 1.82) is 0 Å². The first-order valence-electron chi connectivity index (χ1n) is 10.4. The fourth-order valence-electron chi connectivity index (χ4n) is 4.31. The van der Waals surface area contributed by atoms with E-state index in [-0.39, 0.29) is 5.56 Å². The molecule has 0 N–H and O–H groups in total. The van der Waals surface area contributed by atoms with Crippen molar-refractivity contribution in [1.82, 2.24) is 18.9 Å². The highest BCUT2D eigenvalue weighted by atomic mass is 32.2. The predicted molar refractivity (Wildman–Crippen MR) is 127 cm³/mol. The summed E-state index contributed by atoms with van der Waals surface area (Å²) < 4.78 is 3.81. The van der Waals surface area contributed by atoms with E-state index in [1.807, 2.05) is 60.1 Å². The van der Waals surface area contributed by atoms with E-state index in [0.717, 1.165) is 57.2 Å². The maximum absolute atomic E-state index is 13.7. The van der Waals surface area contributed by atoms with Crippen LogP contribution < -0.4 is 5.56 Å². The van der Waals surface area contributed by atoms with Gasteiger partial charge in [-0.3, -0.25) is 9.36 Å². The normalized spacial score (nSPS) is 13.3. The maximum Gasteiger partial charge on any atom is 0.267 e. The molecule has 0 radical (unpaired) electrons. The van der Waals surface area contributed by atoms with Crippen molar-refractivity contribution in [3.63, 3.8) is 0 Å². The second-order valence-electron chi connectivity index (χ2n) is 7.90. The van der Waals surface area contributed by atoms with Gasteiger partial charge in [0.1, 0.15) is 10.5 Å². The third kappa shape index (κ3) is 3.20. The van der Waals surface area contributed by atoms with Crippen LogP contribution in [0.4, 0.5) is 0 Å². The molecule has 0 aliphatic heterocycles. The van der Waals surface area contributed by atoms with E-state index >= 15 is 0 Å². The van der Waals surface area contributed by atoms with E-state index in [4.69, 9.17) is 9.97 Å². The number of thioether (sulfide) groups is 1. The Hall–Kier alpha value is -2.90. The average Bonchev–Trinajstić information content (AvgIpc) is 3.45. The summed E-state index contributed by atoms with van der Waals surface area (Å²) in [6.07, 6.45) is 7.20. The van der Waals surface area contributed by atoms with Crippen LogP contribution in [0.2, 0.25) is 0 Å². The van der Waals surface area contributed by atoms with Gasteiger partial charge in [0.2, 0.25) is 0 Å². The van der Waals surface area contributed by atoms with Crippen molar-refractivity contribution in [2.24, 2.45) is 0 Å². The number of thiophene rings is 1. The van der Waals surface area contributed by atoms with Crippen LogP contribution in [-0.4, -0.2) is 18.9 Å². The van der Waals surface area contributed by atoms with Gasteiger partial charge in [-0.1, -0.05) is 30.0 Å². The number of rotatable bonds is 4. The monoisotopic (exact) mass is 444 g/mol. The Kier molecular flexibility index (Phi) is 4.47. The SMILES string of the molecule is Cc1cccc(-n2c(SCc3cn4ccccc4n3)nc3sc4c(c3c2=O)CCC4)c1. The van der Waals surface area contributed by atoms with Gasteiger partial charge in [0.15, 0.2) is 5.16 Å². The van der Waals surface area contributed by atoms with E-state index in [0.29, 0.717) is 5.75 Å². The van der Waals surface area contributed by atoms with Crippen molar-refractivity contribution in [2.45, 2.75) is 37.1 Å². The van der Waals surface area contributed by atoms with Gasteiger partial charge in [-0.05, 0) is 61.6 Å². The van der Waals surface area contributed by atoms with Crippen LogP contribution >= 0.6 is 23.1 Å². The van der Waals surface area contributed by atoms with Gasteiger partial charge in [-0.25, -0.2) is 9.97 Å². The quantitative estimate of drug-likeness (QED) is 0.283. The number of pyridine rings is 1. The molecular weight excluding hydrogens is 424 g/mol.